The van der Waals surface area contributed by atoms with Gasteiger partial charge in [0.2, 0.25) is 0 Å². The van der Waals surface area contributed by atoms with Crippen LogP contribution in [0.25, 0.3) is 0 Å². The smallest absolute Gasteiger partial charge is 0.142 e. The molecular formula is C13H20N2O. The summed E-state index contributed by atoms with van der Waals surface area (Å²) in [5.74, 6) is 0.872. The Kier molecular flexibility index (Phi) is 4.17. The third kappa shape index (κ3) is 2.95. The summed E-state index contributed by atoms with van der Waals surface area (Å²) >= 11 is 0. The molecule has 2 rings (SSSR count). The molecule has 0 aliphatic heterocycles. The number of ether oxygens (including phenoxy) is 1. The average Bonchev–Trinajstić information content (AvgIpc) is 2.58. The Labute approximate surface area is 97.0 Å². The monoisotopic (exact) mass is 220 g/mol. The van der Waals surface area contributed by atoms with E-state index in [1.54, 1.807) is 6.20 Å². The van der Waals surface area contributed by atoms with Crippen LogP contribution in [0.1, 0.15) is 44.2 Å². The predicted molar refractivity (Wildman–Crippen MR) is 64.2 cm³/mol. The molecule has 0 amide bonds. The van der Waals surface area contributed by atoms with Gasteiger partial charge < -0.3 is 10.5 Å². The molecule has 3 nitrogen and oxygen atoms in total. The molecule has 1 saturated carbocycles. The number of hydrogen-bond acceptors (Lipinski definition) is 3. The summed E-state index contributed by atoms with van der Waals surface area (Å²) in [6, 6.07) is 3.88. The Bertz CT molecular complexity index is 319. The summed E-state index contributed by atoms with van der Waals surface area (Å²) in [4.78, 5) is 4.24. The minimum absolute atomic E-state index is 0.358. The SMILES string of the molecule is NCc1ncccc1OC1CCCCCC1. The van der Waals surface area contributed by atoms with Crippen LogP contribution in [0.2, 0.25) is 0 Å². The Morgan fingerprint density at radius 3 is 2.69 bits per heavy atom. The second kappa shape index (κ2) is 5.85. The van der Waals surface area contributed by atoms with Crippen molar-refractivity contribution in [3.63, 3.8) is 0 Å². The van der Waals surface area contributed by atoms with E-state index in [9.17, 15) is 0 Å². The lowest BCUT2D eigenvalue weighted by molar-refractivity contribution is 0.181. The number of nitrogens with zero attached hydrogens (tertiary/aromatic N) is 1. The maximum absolute atomic E-state index is 6.01. The third-order valence-corrected chi connectivity index (χ3v) is 3.14. The van der Waals surface area contributed by atoms with Gasteiger partial charge in [-0.05, 0) is 37.8 Å². The van der Waals surface area contributed by atoms with E-state index in [-0.39, 0.29) is 0 Å². The van der Waals surface area contributed by atoms with Gasteiger partial charge in [0, 0.05) is 12.7 Å². The molecule has 3 heteroatoms. The predicted octanol–water partition coefficient (Wildman–Crippen LogP) is 2.64. The molecule has 0 radical (unpaired) electrons. The Hall–Kier alpha value is -1.09. The van der Waals surface area contributed by atoms with Crippen molar-refractivity contribution in [1.29, 1.82) is 0 Å². The van der Waals surface area contributed by atoms with Crippen LogP contribution in [-0.4, -0.2) is 11.1 Å². The van der Waals surface area contributed by atoms with Crippen molar-refractivity contribution in [2.45, 2.75) is 51.2 Å². The highest BCUT2D eigenvalue weighted by Crippen LogP contribution is 2.24. The van der Waals surface area contributed by atoms with E-state index in [1.165, 1.54) is 38.5 Å². The van der Waals surface area contributed by atoms with Crippen LogP contribution in [0.3, 0.4) is 0 Å². The van der Waals surface area contributed by atoms with Gasteiger partial charge in [-0.2, -0.15) is 0 Å². The molecule has 2 N–H and O–H groups in total. The van der Waals surface area contributed by atoms with Gasteiger partial charge in [0.1, 0.15) is 5.75 Å². The van der Waals surface area contributed by atoms with E-state index in [0.29, 0.717) is 12.6 Å². The van der Waals surface area contributed by atoms with Gasteiger partial charge >= 0.3 is 0 Å². The van der Waals surface area contributed by atoms with Gasteiger partial charge in [-0.3, -0.25) is 4.98 Å². The summed E-state index contributed by atoms with van der Waals surface area (Å²) in [6.07, 6.45) is 9.70. The molecule has 1 fully saturated rings. The van der Waals surface area contributed by atoms with Crippen molar-refractivity contribution in [2.24, 2.45) is 5.73 Å². The normalized spacial score (nSPS) is 18.1. The quantitative estimate of drug-likeness (QED) is 0.797. The van der Waals surface area contributed by atoms with E-state index in [4.69, 9.17) is 10.5 Å². The van der Waals surface area contributed by atoms with Gasteiger partial charge in [0.25, 0.3) is 0 Å². The zero-order valence-corrected chi connectivity index (χ0v) is 9.69. The molecule has 0 aromatic carbocycles. The number of hydrogen-bond donors (Lipinski definition) is 1. The zero-order chi connectivity index (χ0) is 11.2. The standard InChI is InChI=1S/C13H20N2O/c14-10-12-13(8-5-9-15-12)16-11-6-3-1-2-4-7-11/h5,8-9,11H,1-4,6-7,10,14H2. The van der Waals surface area contributed by atoms with Crippen LogP contribution in [0.4, 0.5) is 0 Å². The Balaban J connectivity index is 2.01. The lowest BCUT2D eigenvalue weighted by Gasteiger charge is -2.18. The van der Waals surface area contributed by atoms with Crippen molar-refractivity contribution in [1.82, 2.24) is 4.98 Å². The Morgan fingerprint density at radius 1 is 1.25 bits per heavy atom. The lowest BCUT2D eigenvalue weighted by Crippen LogP contribution is -2.17. The largest absolute Gasteiger partial charge is 0.488 e. The van der Waals surface area contributed by atoms with Crippen molar-refractivity contribution >= 4 is 0 Å². The first-order chi connectivity index (χ1) is 7.90. The van der Waals surface area contributed by atoms with Gasteiger partial charge in [0.15, 0.2) is 0 Å². The van der Waals surface area contributed by atoms with Crippen LogP contribution in [0, 0.1) is 0 Å². The molecule has 0 unspecified atom stereocenters. The van der Waals surface area contributed by atoms with Crippen LogP contribution in [-0.2, 0) is 6.54 Å². The molecule has 0 bridgehead atoms. The zero-order valence-electron chi connectivity index (χ0n) is 9.69. The molecule has 1 aromatic heterocycles. The van der Waals surface area contributed by atoms with Crippen molar-refractivity contribution in [2.75, 3.05) is 0 Å². The van der Waals surface area contributed by atoms with E-state index in [0.717, 1.165) is 11.4 Å². The molecular weight excluding hydrogens is 200 g/mol. The summed E-state index contributed by atoms with van der Waals surface area (Å²) in [7, 11) is 0. The number of rotatable bonds is 3. The summed E-state index contributed by atoms with van der Waals surface area (Å²) < 4.78 is 6.01. The highest BCUT2D eigenvalue weighted by atomic mass is 16.5. The van der Waals surface area contributed by atoms with E-state index >= 15 is 0 Å². The van der Waals surface area contributed by atoms with E-state index in [2.05, 4.69) is 4.98 Å². The maximum atomic E-state index is 6.01. The first kappa shape index (κ1) is 11.4. The summed E-state index contributed by atoms with van der Waals surface area (Å²) in [6.45, 7) is 0.447. The first-order valence-electron chi connectivity index (χ1n) is 6.21. The summed E-state index contributed by atoms with van der Waals surface area (Å²) in [5, 5.41) is 0. The number of aromatic nitrogens is 1. The van der Waals surface area contributed by atoms with Crippen LogP contribution >= 0.6 is 0 Å². The second-order valence-electron chi connectivity index (χ2n) is 4.38. The van der Waals surface area contributed by atoms with E-state index in [1.807, 2.05) is 12.1 Å². The number of nitrogens with two attached hydrogens (primary N) is 1. The van der Waals surface area contributed by atoms with Crippen LogP contribution in [0.5, 0.6) is 5.75 Å². The second-order valence-corrected chi connectivity index (χ2v) is 4.38. The van der Waals surface area contributed by atoms with Crippen LogP contribution < -0.4 is 10.5 Å². The first-order valence-corrected chi connectivity index (χ1v) is 6.21. The van der Waals surface area contributed by atoms with Crippen molar-refractivity contribution in [3.8, 4) is 5.75 Å². The van der Waals surface area contributed by atoms with Gasteiger partial charge in [-0.1, -0.05) is 12.8 Å². The fourth-order valence-corrected chi connectivity index (χ4v) is 2.22. The lowest BCUT2D eigenvalue weighted by atomic mass is 10.1. The maximum Gasteiger partial charge on any atom is 0.142 e. The molecule has 16 heavy (non-hydrogen) atoms. The fraction of sp³-hybridized carbons (Fsp3) is 0.615. The molecule has 1 aliphatic carbocycles. The average molecular weight is 220 g/mol. The molecule has 0 saturated heterocycles. The van der Waals surface area contributed by atoms with Gasteiger partial charge in [-0.15, -0.1) is 0 Å². The number of pyridine rings is 1. The third-order valence-electron chi connectivity index (χ3n) is 3.14. The highest BCUT2D eigenvalue weighted by molar-refractivity contribution is 5.26. The molecule has 1 heterocycles. The van der Waals surface area contributed by atoms with Crippen LogP contribution in [0.15, 0.2) is 18.3 Å². The van der Waals surface area contributed by atoms with E-state index < -0.39 is 0 Å². The fourth-order valence-electron chi connectivity index (χ4n) is 2.22. The molecule has 1 aromatic rings. The minimum Gasteiger partial charge on any atom is -0.488 e. The van der Waals surface area contributed by atoms with Gasteiger partial charge in [-0.25, -0.2) is 0 Å². The van der Waals surface area contributed by atoms with Crippen molar-refractivity contribution < 1.29 is 4.74 Å². The molecule has 0 atom stereocenters. The molecule has 1 aliphatic rings. The Morgan fingerprint density at radius 2 is 2.00 bits per heavy atom. The summed E-state index contributed by atoms with van der Waals surface area (Å²) in [5.41, 5.74) is 6.51. The molecule has 88 valence electrons. The molecule has 0 spiro atoms. The highest BCUT2D eigenvalue weighted by Gasteiger charge is 2.15. The minimum atomic E-state index is 0.358. The van der Waals surface area contributed by atoms with Gasteiger partial charge in [0.05, 0.1) is 11.8 Å². The topological polar surface area (TPSA) is 48.1 Å². The van der Waals surface area contributed by atoms with Crippen molar-refractivity contribution in [3.05, 3.63) is 24.0 Å².